The number of ketones is 1. The van der Waals surface area contributed by atoms with Crippen LogP contribution in [0, 0.1) is 5.41 Å². The number of benzene rings is 2. The van der Waals surface area contributed by atoms with Crippen LogP contribution in [0.1, 0.15) is 73.5 Å². The van der Waals surface area contributed by atoms with Crippen LogP contribution in [0.4, 0.5) is 0 Å². The minimum absolute atomic E-state index is 0.0793. The molecule has 0 radical (unpaired) electrons. The zero-order valence-electron chi connectivity index (χ0n) is 17.8. The number of aromatic amines is 1. The van der Waals surface area contributed by atoms with E-state index in [2.05, 4.69) is 55.0 Å². The lowest BCUT2D eigenvalue weighted by Gasteiger charge is -2.24. The average molecular weight is 401 g/mol. The Morgan fingerprint density at radius 1 is 1.03 bits per heavy atom. The van der Waals surface area contributed by atoms with Crippen LogP contribution in [0.2, 0.25) is 0 Å². The molecule has 1 aliphatic rings. The van der Waals surface area contributed by atoms with E-state index in [0.717, 1.165) is 18.4 Å². The van der Waals surface area contributed by atoms with Crippen LogP contribution in [0.5, 0.6) is 0 Å². The SMILES string of the molecule is CC(C)c1ccc([C@H](CC(=O)c2cc(=O)[nH]c(-c3ccccc3)n2)C2(C)CC2)cc1. The van der Waals surface area contributed by atoms with Gasteiger partial charge in [-0.3, -0.25) is 9.59 Å². The molecule has 1 N–H and O–H groups in total. The van der Waals surface area contributed by atoms with Gasteiger partial charge in [-0.1, -0.05) is 75.4 Å². The molecule has 0 saturated heterocycles. The van der Waals surface area contributed by atoms with Gasteiger partial charge in [-0.2, -0.15) is 0 Å². The molecule has 0 bridgehead atoms. The zero-order valence-corrected chi connectivity index (χ0v) is 17.8. The third kappa shape index (κ3) is 4.28. The van der Waals surface area contributed by atoms with Crippen LogP contribution in [0.25, 0.3) is 11.4 Å². The molecule has 0 amide bonds. The first-order valence-electron chi connectivity index (χ1n) is 10.7. The maximum absolute atomic E-state index is 13.2. The molecule has 1 saturated carbocycles. The van der Waals surface area contributed by atoms with Crippen LogP contribution in [-0.4, -0.2) is 15.8 Å². The smallest absolute Gasteiger partial charge is 0.251 e. The van der Waals surface area contributed by atoms with Gasteiger partial charge in [0.1, 0.15) is 11.5 Å². The lowest BCUT2D eigenvalue weighted by molar-refractivity contribution is 0.0957. The van der Waals surface area contributed by atoms with Gasteiger partial charge in [0.2, 0.25) is 0 Å². The second-order valence-corrected chi connectivity index (χ2v) is 9.00. The summed E-state index contributed by atoms with van der Waals surface area (Å²) >= 11 is 0. The molecule has 4 rings (SSSR count). The largest absolute Gasteiger partial charge is 0.306 e. The van der Waals surface area contributed by atoms with Gasteiger partial charge in [0.05, 0.1) is 0 Å². The normalized spacial score (nSPS) is 15.7. The van der Waals surface area contributed by atoms with E-state index in [1.807, 2.05) is 30.3 Å². The summed E-state index contributed by atoms with van der Waals surface area (Å²) in [6, 6.07) is 19.4. The molecule has 0 aliphatic heterocycles. The molecular formula is C26H28N2O2. The molecule has 3 aromatic rings. The first kappa shape index (κ1) is 20.3. The topological polar surface area (TPSA) is 62.8 Å². The molecule has 4 heteroatoms. The molecule has 1 atom stereocenters. The molecule has 0 spiro atoms. The van der Waals surface area contributed by atoms with Gasteiger partial charge in [-0.25, -0.2) is 4.98 Å². The number of nitrogens with one attached hydrogen (secondary N) is 1. The van der Waals surface area contributed by atoms with Crippen molar-refractivity contribution in [3.8, 4) is 11.4 Å². The Labute approximate surface area is 177 Å². The predicted molar refractivity (Wildman–Crippen MR) is 120 cm³/mol. The minimum Gasteiger partial charge on any atom is -0.306 e. The maximum Gasteiger partial charge on any atom is 0.251 e. The molecule has 1 heterocycles. The van der Waals surface area contributed by atoms with Gasteiger partial charge in [0, 0.05) is 18.1 Å². The standard InChI is InChI=1S/C26H28N2O2/c1-17(2)18-9-11-19(12-10-18)21(26(3)13-14-26)15-23(29)22-16-24(30)28-25(27-22)20-7-5-4-6-8-20/h4-12,16-17,21H,13-15H2,1-3H3,(H,27,28,30)/t21-/m0/s1. The lowest BCUT2D eigenvalue weighted by atomic mass is 9.80. The number of aromatic nitrogens is 2. The van der Waals surface area contributed by atoms with E-state index in [0.29, 0.717) is 18.2 Å². The Kier molecular flexibility index (Phi) is 5.42. The summed E-state index contributed by atoms with van der Waals surface area (Å²) in [6.07, 6.45) is 2.60. The minimum atomic E-state index is -0.303. The van der Waals surface area contributed by atoms with Gasteiger partial charge >= 0.3 is 0 Å². The summed E-state index contributed by atoms with van der Waals surface area (Å²) in [5.74, 6) is 0.964. The van der Waals surface area contributed by atoms with Crippen molar-refractivity contribution < 1.29 is 4.79 Å². The van der Waals surface area contributed by atoms with E-state index in [1.165, 1.54) is 17.2 Å². The second-order valence-electron chi connectivity index (χ2n) is 9.00. The van der Waals surface area contributed by atoms with E-state index in [-0.39, 0.29) is 28.4 Å². The highest BCUT2D eigenvalue weighted by Crippen LogP contribution is 2.57. The van der Waals surface area contributed by atoms with E-state index in [9.17, 15) is 9.59 Å². The molecule has 1 aromatic heterocycles. The number of carbonyl (C=O) groups is 1. The van der Waals surface area contributed by atoms with Crippen molar-refractivity contribution >= 4 is 5.78 Å². The van der Waals surface area contributed by atoms with E-state index >= 15 is 0 Å². The van der Waals surface area contributed by atoms with Crippen molar-refractivity contribution in [1.29, 1.82) is 0 Å². The van der Waals surface area contributed by atoms with E-state index in [1.54, 1.807) is 0 Å². The van der Waals surface area contributed by atoms with Crippen molar-refractivity contribution in [3.63, 3.8) is 0 Å². The van der Waals surface area contributed by atoms with Crippen LogP contribution in [-0.2, 0) is 0 Å². The number of Topliss-reactive ketones (excluding diaryl/α,β-unsaturated/α-hetero) is 1. The van der Waals surface area contributed by atoms with Gasteiger partial charge < -0.3 is 4.98 Å². The number of carbonyl (C=O) groups excluding carboxylic acids is 1. The number of nitrogens with zero attached hydrogens (tertiary/aromatic N) is 1. The molecule has 2 aromatic carbocycles. The van der Waals surface area contributed by atoms with Gasteiger partial charge in [-0.05, 0) is 41.2 Å². The van der Waals surface area contributed by atoms with Crippen molar-refractivity contribution in [2.24, 2.45) is 5.41 Å². The molecule has 154 valence electrons. The third-order valence-corrected chi connectivity index (χ3v) is 6.35. The maximum atomic E-state index is 13.2. The number of hydrogen-bond donors (Lipinski definition) is 1. The average Bonchev–Trinajstić information content (AvgIpc) is 3.50. The Bertz CT molecular complexity index is 1090. The lowest BCUT2D eigenvalue weighted by Crippen LogP contribution is -2.19. The summed E-state index contributed by atoms with van der Waals surface area (Å²) in [7, 11) is 0. The highest BCUT2D eigenvalue weighted by atomic mass is 16.1. The van der Waals surface area contributed by atoms with Crippen LogP contribution >= 0.6 is 0 Å². The quantitative estimate of drug-likeness (QED) is 0.516. The summed E-state index contributed by atoms with van der Waals surface area (Å²) in [5.41, 5.74) is 3.36. The monoisotopic (exact) mass is 400 g/mol. The molecule has 30 heavy (non-hydrogen) atoms. The predicted octanol–water partition coefficient (Wildman–Crippen LogP) is 5.72. The fourth-order valence-electron chi connectivity index (χ4n) is 4.05. The van der Waals surface area contributed by atoms with E-state index < -0.39 is 0 Å². The van der Waals surface area contributed by atoms with Crippen molar-refractivity contribution in [2.75, 3.05) is 0 Å². The highest BCUT2D eigenvalue weighted by molar-refractivity contribution is 5.95. The fraction of sp³-hybridized carbons (Fsp3) is 0.346. The third-order valence-electron chi connectivity index (χ3n) is 6.35. The number of hydrogen-bond acceptors (Lipinski definition) is 3. The Morgan fingerprint density at radius 3 is 2.27 bits per heavy atom. The number of H-pyrrole nitrogens is 1. The molecule has 1 fully saturated rings. The first-order valence-corrected chi connectivity index (χ1v) is 10.7. The summed E-state index contributed by atoms with van der Waals surface area (Å²) < 4.78 is 0. The van der Waals surface area contributed by atoms with Gasteiger partial charge in [0.15, 0.2) is 5.78 Å². The van der Waals surface area contributed by atoms with Crippen molar-refractivity contribution in [3.05, 3.63) is 87.8 Å². The Balaban J connectivity index is 1.62. The Morgan fingerprint density at radius 2 is 1.67 bits per heavy atom. The van der Waals surface area contributed by atoms with Crippen LogP contribution in [0.3, 0.4) is 0 Å². The van der Waals surface area contributed by atoms with Crippen LogP contribution < -0.4 is 5.56 Å². The first-order chi connectivity index (χ1) is 14.4. The van der Waals surface area contributed by atoms with Crippen molar-refractivity contribution in [2.45, 2.75) is 51.9 Å². The number of rotatable bonds is 7. The van der Waals surface area contributed by atoms with Gasteiger partial charge in [-0.15, -0.1) is 0 Å². The molecular weight excluding hydrogens is 372 g/mol. The van der Waals surface area contributed by atoms with Gasteiger partial charge in [0.25, 0.3) is 5.56 Å². The van der Waals surface area contributed by atoms with E-state index in [4.69, 9.17) is 0 Å². The van der Waals surface area contributed by atoms with Crippen molar-refractivity contribution in [1.82, 2.24) is 9.97 Å². The highest BCUT2D eigenvalue weighted by Gasteiger charge is 2.46. The molecule has 4 nitrogen and oxygen atoms in total. The molecule has 0 unspecified atom stereocenters. The Hall–Kier alpha value is -3.01. The zero-order chi connectivity index (χ0) is 21.3. The molecule has 1 aliphatic carbocycles. The summed E-state index contributed by atoms with van der Waals surface area (Å²) in [4.78, 5) is 32.6. The summed E-state index contributed by atoms with van der Waals surface area (Å²) in [5, 5.41) is 0. The fourth-order valence-corrected chi connectivity index (χ4v) is 4.05. The second kappa shape index (κ2) is 8.02. The van der Waals surface area contributed by atoms with Crippen LogP contribution in [0.15, 0.2) is 65.5 Å². The summed E-state index contributed by atoms with van der Waals surface area (Å²) in [6.45, 7) is 6.62.